The van der Waals surface area contributed by atoms with E-state index in [1.165, 1.54) is 0 Å². The van der Waals surface area contributed by atoms with Gasteiger partial charge < -0.3 is 0 Å². The number of halogens is 2. The Morgan fingerprint density at radius 2 is 1.88 bits per heavy atom. The molecule has 2 unspecified atom stereocenters. The van der Waals surface area contributed by atoms with Gasteiger partial charge in [-0.1, -0.05) is 49.8 Å². The van der Waals surface area contributed by atoms with E-state index in [9.17, 15) is 8.78 Å². The van der Waals surface area contributed by atoms with Crippen LogP contribution < -0.4 is 0 Å². The van der Waals surface area contributed by atoms with Gasteiger partial charge in [0.2, 0.25) is 0 Å². The minimum absolute atomic E-state index is 0.0549. The van der Waals surface area contributed by atoms with Gasteiger partial charge in [-0.3, -0.25) is 0 Å². The van der Waals surface area contributed by atoms with E-state index in [1.807, 2.05) is 12.2 Å². The van der Waals surface area contributed by atoms with Crippen molar-refractivity contribution in [2.75, 3.05) is 0 Å². The first-order valence-electron chi connectivity index (χ1n) is 5.66. The van der Waals surface area contributed by atoms with Crippen molar-refractivity contribution < 1.29 is 8.78 Å². The lowest BCUT2D eigenvalue weighted by Gasteiger charge is -2.29. The average Bonchev–Trinajstić information content (AvgIpc) is 2.26. The molecule has 0 aromatic carbocycles. The summed E-state index contributed by atoms with van der Waals surface area (Å²) in [4.78, 5) is 0. The Kier molecular flexibility index (Phi) is 5.17. The molecule has 1 saturated carbocycles. The molecular formula is C14H18F2. The molecule has 0 nitrogen and oxygen atoms in total. The molecule has 0 heterocycles. The Hall–Kier alpha value is -1.18. The molecule has 0 aromatic heterocycles. The molecule has 0 amide bonds. The summed E-state index contributed by atoms with van der Waals surface area (Å²) < 4.78 is 24.6. The molecule has 1 aliphatic carbocycles. The zero-order valence-corrected chi connectivity index (χ0v) is 9.46. The quantitative estimate of drug-likeness (QED) is 0.597. The van der Waals surface area contributed by atoms with Crippen molar-refractivity contribution in [3.05, 3.63) is 49.1 Å². The van der Waals surface area contributed by atoms with Crippen molar-refractivity contribution in [2.45, 2.75) is 25.7 Å². The van der Waals surface area contributed by atoms with Crippen molar-refractivity contribution in [1.29, 1.82) is 0 Å². The van der Waals surface area contributed by atoms with Crippen molar-refractivity contribution in [3.63, 3.8) is 0 Å². The van der Waals surface area contributed by atoms with Gasteiger partial charge in [-0.25, -0.2) is 0 Å². The highest BCUT2D eigenvalue weighted by Crippen LogP contribution is 2.36. The third-order valence-corrected chi connectivity index (χ3v) is 3.08. The number of hydrogen-bond acceptors (Lipinski definition) is 0. The molecule has 1 rings (SSSR count). The molecule has 0 saturated heterocycles. The van der Waals surface area contributed by atoms with E-state index in [4.69, 9.17) is 0 Å². The maximum absolute atomic E-state index is 12.3. The molecular weight excluding hydrogens is 206 g/mol. The molecule has 1 aliphatic rings. The maximum atomic E-state index is 12.3. The summed E-state index contributed by atoms with van der Waals surface area (Å²) in [7, 11) is 0. The first-order valence-corrected chi connectivity index (χ1v) is 5.66. The normalized spacial score (nSPS) is 25.4. The Morgan fingerprint density at radius 3 is 2.50 bits per heavy atom. The molecule has 0 radical (unpaired) electrons. The second-order valence-corrected chi connectivity index (χ2v) is 4.18. The predicted octanol–water partition coefficient (Wildman–Crippen LogP) is 4.87. The third-order valence-electron chi connectivity index (χ3n) is 3.08. The van der Waals surface area contributed by atoms with E-state index in [0.29, 0.717) is 0 Å². The lowest BCUT2D eigenvalue weighted by Crippen LogP contribution is -2.18. The summed E-state index contributed by atoms with van der Waals surface area (Å²) in [6.07, 6.45) is 8.80. The van der Waals surface area contributed by atoms with Gasteiger partial charge in [-0.05, 0) is 30.8 Å². The highest BCUT2D eigenvalue weighted by Gasteiger charge is 2.25. The Bertz CT molecular complexity index is 309. The molecule has 0 aliphatic heterocycles. The molecule has 0 aromatic rings. The molecule has 88 valence electrons. The van der Waals surface area contributed by atoms with E-state index >= 15 is 0 Å². The second kappa shape index (κ2) is 6.41. The highest BCUT2D eigenvalue weighted by atomic mass is 19.3. The van der Waals surface area contributed by atoms with E-state index in [1.54, 1.807) is 6.08 Å². The number of allylic oxidation sites excluding steroid dienone is 5. The zero-order chi connectivity index (χ0) is 12.0. The average molecular weight is 224 g/mol. The van der Waals surface area contributed by atoms with Gasteiger partial charge in [0.25, 0.3) is 6.08 Å². The van der Waals surface area contributed by atoms with Gasteiger partial charge in [-0.2, -0.15) is 8.78 Å². The van der Waals surface area contributed by atoms with Gasteiger partial charge in [-0.15, -0.1) is 0 Å². The molecule has 2 atom stereocenters. The fourth-order valence-electron chi connectivity index (χ4n) is 2.30. The van der Waals surface area contributed by atoms with Crippen LogP contribution in [0.15, 0.2) is 49.1 Å². The van der Waals surface area contributed by atoms with E-state index in [-0.39, 0.29) is 11.8 Å². The van der Waals surface area contributed by atoms with Crippen molar-refractivity contribution >= 4 is 0 Å². The van der Waals surface area contributed by atoms with Crippen molar-refractivity contribution in [3.8, 4) is 0 Å². The SMILES string of the molecule is C=CC=CC(=C)C1CCCCC1C=C(F)F. The minimum Gasteiger partial charge on any atom is -0.174 e. The molecule has 2 heteroatoms. The highest BCUT2D eigenvalue weighted by molar-refractivity contribution is 5.23. The van der Waals surface area contributed by atoms with Crippen LogP contribution in [0.5, 0.6) is 0 Å². The van der Waals surface area contributed by atoms with E-state index < -0.39 is 6.08 Å². The van der Waals surface area contributed by atoms with Crippen molar-refractivity contribution in [1.82, 2.24) is 0 Å². The minimum atomic E-state index is -1.57. The summed E-state index contributed by atoms with van der Waals surface area (Å²) in [5.41, 5.74) is 0.933. The zero-order valence-electron chi connectivity index (χ0n) is 9.46. The molecule has 0 spiro atoms. The van der Waals surface area contributed by atoms with Crippen LogP contribution in [0.4, 0.5) is 8.78 Å². The first kappa shape index (κ1) is 12.9. The topological polar surface area (TPSA) is 0 Å². The smallest absolute Gasteiger partial charge is 0.174 e. The summed E-state index contributed by atoms with van der Waals surface area (Å²) in [5.74, 6) is 0.104. The van der Waals surface area contributed by atoms with Crippen LogP contribution in [0, 0.1) is 11.8 Å². The summed E-state index contributed by atoms with van der Waals surface area (Å²) in [6, 6.07) is 0. The summed E-state index contributed by atoms with van der Waals surface area (Å²) in [5, 5.41) is 0. The third kappa shape index (κ3) is 3.76. The fraction of sp³-hybridized carbons (Fsp3) is 0.429. The Labute approximate surface area is 96.1 Å². The standard InChI is InChI=1S/C14H18F2/c1-3-4-7-11(2)13-9-6-5-8-12(13)10-14(15)16/h3-4,7,10,12-13H,1-2,5-6,8-9H2. The number of hydrogen-bond donors (Lipinski definition) is 0. The molecule has 0 N–H and O–H groups in total. The van der Waals surface area contributed by atoms with Crippen LogP contribution in [0.3, 0.4) is 0 Å². The maximum Gasteiger partial charge on any atom is 0.266 e. The van der Waals surface area contributed by atoms with Gasteiger partial charge >= 0.3 is 0 Å². The molecule has 16 heavy (non-hydrogen) atoms. The van der Waals surface area contributed by atoms with Crippen LogP contribution in [0.25, 0.3) is 0 Å². The summed E-state index contributed by atoms with van der Waals surface area (Å²) in [6.45, 7) is 7.55. The van der Waals surface area contributed by atoms with Gasteiger partial charge in [0.1, 0.15) is 0 Å². The number of rotatable bonds is 4. The largest absolute Gasteiger partial charge is 0.266 e. The first-order chi connectivity index (χ1) is 7.65. The van der Waals surface area contributed by atoms with Crippen LogP contribution in [-0.2, 0) is 0 Å². The monoisotopic (exact) mass is 224 g/mol. The molecule has 1 fully saturated rings. The summed E-state index contributed by atoms with van der Waals surface area (Å²) >= 11 is 0. The van der Waals surface area contributed by atoms with Gasteiger partial charge in [0.15, 0.2) is 0 Å². The van der Waals surface area contributed by atoms with Crippen LogP contribution in [0.1, 0.15) is 25.7 Å². The van der Waals surface area contributed by atoms with Crippen LogP contribution in [0.2, 0.25) is 0 Å². The molecule has 0 bridgehead atoms. The van der Waals surface area contributed by atoms with Gasteiger partial charge in [0.05, 0.1) is 0 Å². The lowest BCUT2D eigenvalue weighted by molar-refractivity contribution is 0.311. The van der Waals surface area contributed by atoms with Crippen molar-refractivity contribution in [2.24, 2.45) is 11.8 Å². The predicted molar refractivity (Wildman–Crippen MR) is 64.2 cm³/mol. The van der Waals surface area contributed by atoms with Crippen LogP contribution in [-0.4, -0.2) is 0 Å². The second-order valence-electron chi connectivity index (χ2n) is 4.18. The van der Waals surface area contributed by atoms with E-state index in [2.05, 4.69) is 13.2 Å². The Morgan fingerprint density at radius 1 is 1.19 bits per heavy atom. The fourth-order valence-corrected chi connectivity index (χ4v) is 2.30. The Balaban J connectivity index is 2.73. The van der Waals surface area contributed by atoms with Gasteiger partial charge in [0, 0.05) is 0 Å². The van der Waals surface area contributed by atoms with Crippen LogP contribution >= 0.6 is 0 Å². The van der Waals surface area contributed by atoms with E-state index in [0.717, 1.165) is 37.3 Å². The lowest BCUT2D eigenvalue weighted by atomic mass is 9.75.